The molecule has 0 amide bonds. The Balaban J connectivity index is 1.45. The van der Waals surface area contributed by atoms with E-state index in [1.54, 1.807) is 0 Å². The van der Waals surface area contributed by atoms with Crippen molar-refractivity contribution in [2.24, 2.45) is 51.8 Å². The van der Waals surface area contributed by atoms with E-state index < -0.39 is 0 Å². The molecule has 0 aromatic rings. The van der Waals surface area contributed by atoms with Gasteiger partial charge in [0.05, 0.1) is 0 Å². The first kappa shape index (κ1) is 19.2. The second kappa shape index (κ2) is 6.12. The number of fused-ring (bicyclic) bond motifs is 3. The molecule has 0 aromatic carbocycles. The predicted molar refractivity (Wildman–Crippen MR) is 120 cm³/mol. The Morgan fingerprint density at radius 2 is 1.79 bits per heavy atom. The Hall–Kier alpha value is -0.780. The zero-order valence-corrected chi connectivity index (χ0v) is 19.2. The van der Waals surface area contributed by atoms with Crippen LogP contribution in [0.1, 0.15) is 86.5 Å². The Bertz CT molecular complexity index is 750. The lowest BCUT2D eigenvalue weighted by molar-refractivity contribution is 0.0893. The maximum Gasteiger partial charge on any atom is -0.00239 e. The van der Waals surface area contributed by atoms with E-state index in [0.29, 0.717) is 28.1 Å². The summed E-state index contributed by atoms with van der Waals surface area (Å²) in [5.74, 6) is 4.86. The van der Waals surface area contributed by atoms with E-state index in [-0.39, 0.29) is 0 Å². The fraction of sp³-hybridized carbons (Fsp3) is 0.786. The van der Waals surface area contributed by atoms with Crippen LogP contribution in [0.15, 0.2) is 35.5 Å². The fourth-order valence-corrected chi connectivity index (χ4v) is 8.42. The lowest BCUT2D eigenvalue weighted by Gasteiger charge is -2.51. The van der Waals surface area contributed by atoms with Crippen LogP contribution in [0.25, 0.3) is 0 Å². The summed E-state index contributed by atoms with van der Waals surface area (Å²) in [7, 11) is 0. The van der Waals surface area contributed by atoms with Gasteiger partial charge in [-0.25, -0.2) is 0 Å². The Morgan fingerprint density at radius 1 is 1.00 bits per heavy atom. The third-order valence-corrected chi connectivity index (χ3v) is 10.9. The van der Waals surface area contributed by atoms with E-state index in [9.17, 15) is 0 Å². The highest BCUT2D eigenvalue weighted by molar-refractivity contribution is 5.46. The first-order valence-corrected chi connectivity index (χ1v) is 12.3. The zero-order valence-electron chi connectivity index (χ0n) is 19.2. The lowest BCUT2D eigenvalue weighted by Crippen LogP contribution is -2.42. The molecule has 3 fully saturated rings. The first-order valence-electron chi connectivity index (χ1n) is 12.3. The minimum Gasteiger partial charge on any atom is -0.0852 e. The molecule has 5 rings (SSSR count). The van der Waals surface area contributed by atoms with Gasteiger partial charge < -0.3 is 0 Å². The average molecular weight is 379 g/mol. The molecule has 5 aliphatic rings. The van der Waals surface area contributed by atoms with Gasteiger partial charge in [-0.1, -0.05) is 71.4 Å². The van der Waals surface area contributed by atoms with Crippen LogP contribution in [0, 0.1) is 51.8 Å². The van der Waals surface area contributed by atoms with Crippen molar-refractivity contribution in [3.63, 3.8) is 0 Å². The van der Waals surface area contributed by atoms with Crippen molar-refractivity contribution in [1.29, 1.82) is 0 Å². The van der Waals surface area contributed by atoms with Crippen molar-refractivity contribution in [3.05, 3.63) is 35.5 Å². The molecule has 0 aromatic heterocycles. The van der Waals surface area contributed by atoms with Crippen molar-refractivity contribution >= 4 is 0 Å². The quantitative estimate of drug-likeness (QED) is 0.435. The maximum atomic E-state index is 2.70. The topological polar surface area (TPSA) is 0 Å². The van der Waals surface area contributed by atoms with Crippen molar-refractivity contribution in [2.75, 3.05) is 0 Å². The minimum atomic E-state index is 0.448. The molecule has 154 valence electrons. The van der Waals surface area contributed by atoms with E-state index in [2.05, 4.69) is 65.8 Å². The third-order valence-electron chi connectivity index (χ3n) is 10.9. The highest BCUT2D eigenvalue weighted by atomic mass is 14.7. The summed E-state index contributed by atoms with van der Waals surface area (Å²) in [6, 6.07) is 0. The highest BCUT2D eigenvalue weighted by Crippen LogP contribution is 2.79. The van der Waals surface area contributed by atoms with E-state index in [1.165, 1.54) is 44.9 Å². The molecule has 0 nitrogen and oxygen atoms in total. The zero-order chi connectivity index (χ0) is 19.9. The van der Waals surface area contributed by atoms with Crippen LogP contribution in [0.2, 0.25) is 0 Å². The number of allylic oxidation sites excluding steroid dienone is 6. The third kappa shape index (κ3) is 2.36. The van der Waals surface area contributed by atoms with E-state index in [4.69, 9.17) is 0 Å². The normalized spacial score (nSPS) is 48.5. The van der Waals surface area contributed by atoms with E-state index in [1.807, 2.05) is 11.1 Å². The Kier molecular flexibility index (Phi) is 4.19. The van der Waals surface area contributed by atoms with E-state index >= 15 is 0 Å². The smallest absolute Gasteiger partial charge is 0.00239 e. The average Bonchev–Trinajstić information content (AvgIpc) is 3.14. The molecule has 0 aliphatic heterocycles. The molecule has 0 saturated heterocycles. The molecule has 0 radical (unpaired) electrons. The van der Waals surface area contributed by atoms with Crippen LogP contribution in [-0.4, -0.2) is 0 Å². The van der Waals surface area contributed by atoms with Crippen LogP contribution in [0.4, 0.5) is 0 Å². The van der Waals surface area contributed by atoms with Crippen molar-refractivity contribution in [1.82, 2.24) is 0 Å². The van der Waals surface area contributed by atoms with E-state index in [0.717, 1.165) is 23.7 Å². The molecule has 0 N–H and O–H groups in total. The molecule has 1 spiro atoms. The standard InChI is InChI=1S/C28H42/c1-18(2)19(3)7-8-20(4)23-9-10-24-22-12-16-28-17-21(28)11-15-27(28,6)25(22)13-14-26(23,24)5/h7-8,12,16,18-21,23,25H,9-11,13-15,17H2,1-6H3/b8-7+/t19-,20+,21+,23+,25-,26+,27+,28-/m0/s1. The number of hydrogen-bond acceptors (Lipinski definition) is 0. The van der Waals surface area contributed by atoms with Gasteiger partial charge in [-0.3, -0.25) is 0 Å². The highest BCUT2D eigenvalue weighted by Gasteiger charge is 2.71. The summed E-state index contributed by atoms with van der Waals surface area (Å²) in [5.41, 5.74) is 5.32. The molecular weight excluding hydrogens is 336 g/mol. The van der Waals surface area contributed by atoms with Crippen LogP contribution in [0.3, 0.4) is 0 Å². The number of rotatable bonds is 4. The van der Waals surface area contributed by atoms with Gasteiger partial charge in [-0.2, -0.15) is 0 Å². The van der Waals surface area contributed by atoms with Crippen molar-refractivity contribution in [3.8, 4) is 0 Å². The molecule has 3 saturated carbocycles. The summed E-state index contributed by atoms with van der Waals surface area (Å²) in [6.45, 7) is 14.9. The fourth-order valence-electron chi connectivity index (χ4n) is 8.42. The van der Waals surface area contributed by atoms with Gasteiger partial charge in [0, 0.05) is 0 Å². The Labute approximate surface area is 173 Å². The summed E-state index contributed by atoms with van der Waals surface area (Å²) in [6.07, 6.45) is 20.5. The van der Waals surface area contributed by atoms with Crippen molar-refractivity contribution < 1.29 is 0 Å². The van der Waals surface area contributed by atoms with Crippen LogP contribution in [0.5, 0.6) is 0 Å². The first-order chi connectivity index (χ1) is 13.2. The van der Waals surface area contributed by atoms with Gasteiger partial charge in [0.2, 0.25) is 0 Å². The van der Waals surface area contributed by atoms with Gasteiger partial charge >= 0.3 is 0 Å². The lowest BCUT2D eigenvalue weighted by atomic mass is 9.53. The summed E-state index contributed by atoms with van der Waals surface area (Å²) in [4.78, 5) is 0. The molecule has 0 heterocycles. The van der Waals surface area contributed by atoms with Gasteiger partial charge in [-0.05, 0) is 102 Å². The van der Waals surface area contributed by atoms with Crippen LogP contribution >= 0.6 is 0 Å². The molecule has 8 atom stereocenters. The monoisotopic (exact) mass is 378 g/mol. The summed E-state index contributed by atoms with van der Waals surface area (Å²) in [5, 5.41) is 0. The molecular formula is C28H42. The molecule has 0 unspecified atom stereocenters. The minimum absolute atomic E-state index is 0.448. The van der Waals surface area contributed by atoms with Crippen molar-refractivity contribution in [2.45, 2.75) is 86.5 Å². The molecule has 0 heteroatoms. The Morgan fingerprint density at radius 3 is 2.50 bits per heavy atom. The molecule has 28 heavy (non-hydrogen) atoms. The summed E-state index contributed by atoms with van der Waals surface area (Å²) >= 11 is 0. The predicted octanol–water partition coefficient (Wildman–Crippen LogP) is 7.97. The van der Waals surface area contributed by atoms with Gasteiger partial charge in [0.15, 0.2) is 0 Å². The second-order valence-corrected chi connectivity index (χ2v) is 12.2. The second-order valence-electron chi connectivity index (χ2n) is 12.2. The van der Waals surface area contributed by atoms with Crippen LogP contribution in [-0.2, 0) is 0 Å². The molecule has 5 aliphatic carbocycles. The summed E-state index contributed by atoms with van der Waals surface area (Å²) < 4.78 is 0. The van der Waals surface area contributed by atoms with Gasteiger partial charge in [0.25, 0.3) is 0 Å². The largest absolute Gasteiger partial charge is 0.0852 e. The molecule has 0 bridgehead atoms. The SMILES string of the molecule is CC(C)[C@@H](C)/C=C/[C@@H](C)[C@H]1CCC2=C3C=C[C@]45C[C@H]4CC[C@]5(C)[C@H]3CC[C@@]21C. The number of hydrogen-bond donors (Lipinski definition) is 0. The maximum absolute atomic E-state index is 2.70. The van der Waals surface area contributed by atoms with Gasteiger partial charge in [-0.15, -0.1) is 0 Å². The van der Waals surface area contributed by atoms with Crippen LogP contribution < -0.4 is 0 Å². The van der Waals surface area contributed by atoms with Gasteiger partial charge in [0.1, 0.15) is 0 Å².